The van der Waals surface area contributed by atoms with Gasteiger partial charge in [0.25, 0.3) is 0 Å². The van der Waals surface area contributed by atoms with Gasteiger partial charge in [-0.05, 0) is 48.5 Å². The van der Waals surface area contributed by atoms with E-state index in [4.69, 9.17) is 4.98 Å². The van der Waals surface area contributed by atoms with Crippen LogP contribution in [0.2, 0.25) is 0 Å². The highest BCUT2D eigenvalue weighted by molar-refractivity contribution is 5.79. The van der Waals surface area contributed by atoms with Crippen LogP contribution in [0.15, 0.2) is 78.9 Å². The summed E-state index contributed by atoms with van der Waals surface area (Å²) in [6.07, 6.45) is 1.01. The molecule has 4 aromatic rings. The minimum atomic E-state index is -0.232. The molecular weight excluding hydrogens is 403 g/mol. The number of amides is 1. The van der Waals surface area contributed by atoms with Crippen LogP contribution in [0.5, 0.6) is 0 Å². The van der Waals surface area contributed by atoms with Crippen LogP contribution in [0.3, 0.4) is 0 Å². The molecule has 0 spiro atoms. The molecule has 5 rings (SSSR count). The van der Waals surface area contributed by atoms with Crippen LogP contribution in [0.25, 0.3) is 16.7 Å². The van der Waals surface area contributed by atoms with Gasteiger partial charge in [0, 0.05) is 50.4 Å². The SMILES string of the molecule is O=C(CCc1nc2ccccc2n1-c1ccccc1)N1CCN(c2ccc(F)cc2)CC1. The van der Waals surface area contributed by atoms with E-state index in [0.717, 1.165) is 41.3 Å². The summed E-state index contributed by atoms with van der Waals surface area (Å²) in [4.78, 5) is 21.9. The molecule has 0 atom stereocenters. The first-order chi connectivity index (χ1) is 15.7. The Morgan fingerprint density at radius 1 is 0.812 bits per heavy atom. The first-order valence-corrected chi connectivity index (χ1v) is 11.0. The van der Waals surface area contributed by atoms with Crippen LogP contribution in [0.4, 0.5) is 10.1 Å². The number of hydrogen-bond donors (Lipinski definition) is 0. The molecule has 162 valence electrons. The first kappa shape index (κ1) is 20.2. The lowest BCUT2D eigenvalue weighted by Crippen LogP contribution is -2.48. The largest absolute Gasteiger partial charge is 0.368 e. The number of aryl methyl sites for hydroxylation is 1. The van der Waals surface area contributed by atoms with E-state index in [0.29, 0.717) is 25.9 Å². The van der Waals surface area contributed by atoms with Gasteiger partial charge in [0.1, 0.15) is 11.6 Å². The Labute approximate surface area is 186 Å². The first-order valence-electron chi connectivity index (χ1n) is 11.0. The number of fused-ring (bicyclic) bond motifs is 1. The van der Waals surface area contributed by atoms with Crippen molar-refractivity contribution in [2.45, 2.75) is 12.8 Å². The molecule has 0 bridgehead atoms. The number of carbonyl (C=O) groups is 1. The number of benzene rings is 3. The topological polar surface area (TPSA) is 41.4 Å². The lowest BCUT2D eigenvalue weighted by atomic mass is 10.2. The molecular formula is C26H25FN4O. The summed E-state index contributed by atoms with van der Waals surface area (Å²) in [7, 11) is 0. The fourth-order valence-electron chi connectivity index (χ4n) is 4.35. The van der Waals surface area contributed by atoms with Gasteiger partial charge in [-0.3, -0.25) is 9.36 Å². The quantitative estimate of drug-likeness (QED) is 0.472. The Morgan fingerprint density at radius 3 is 2.25 bits per heavy atom. The van der Waals surface area contributed by atoms with Crippen molar-refractivity contribution in [3.8, 4) is 5.69 Å². The smallest absolute Gasteiger partial charge is 0.223 e. The highest BCUT2D eigenvalue weighted by Crippen LogP contribution is 2.23. The Hall–Kier alpha value is -3.67. The molecule has 1 aromatic heterocycles. The van der Waals surface area contributed by atoms with Gasteiger partial charge in [0.15, 0.2) is 0 Å². The van der Waals surface area contributed by atoms with Crippen molar-refractivity contribution in [2.24, 2.45) is 0 Å². The monoisotopic (exact) mass is 428 g/mol. The summed E-state index contributed by atoms with van der Waals surface area (Å²) in [5, 5.41) is 0. The Morgan fingerprint density at radius 2 is 1.50 bits per heavy atom. The number of aromatic nitrogens is 2. The predicted octanol–water partition coefficient (Wildman–Crippen LogP) is 4.45. The summed E-state index contributed by atoms with van der Waals surface area (Å²) in [5.41, 5.74) is 4.03. The van der Waals surface area contributed by atoms with E-state index in [1.807, 2.05) is 41.3 Å². The van der Waals surface area contributed by atoms with Crippen LogP contribution in [0.1, 0.15) is 12.2 Å². The summed E-state index contributed by atoms with van der Waals surface area (Å²) in [5.74, 6) is 0.815. The highest BCUT2D eigenvalue weighted by Gasteiger charge is 2.22. The second kappa shape index (κ2) is 8.83. The summed E-state index contributed by atoms with van der Waals surface area (Å²) < 4.78 is 15.3. The van der Waals surface area contributed by atoms with Gasteiger partial charge in [-0.2, -0.15) is 0 Å². The number of piperazine rings is 1. The van der Waals surface area contributed by atoms with E-state index in [1.54, 1.807) is 12.1 Å². The zero-order chi connectivity index (χ0) is 21.9. The van der Waals surface area contributed by atoms with Gasteiger partial charge in [0.2, 0.25) is 5.91 Å². The maximum absolute atomic E-state index is 13.2. The molecule has 32 heavy (non-hydrogen) atoms. The fraction of sp³-hybridized carbons (Fsp3) is 0.231. The third-order valence-corrected chi connectivity index (χ3v) is 6.03. The van der Waals surface area contributed by atoms with E-state index >= 15 is 0 Å². The second-order valence-electron chi connectivity index (χ2n) is 8.03. The Bertz CT molecular complexity index is 1210. The maximum atomic E-state index is 13.2. The molecule has 1 aliphatic heterocycles. The summed E-state index contributed by atoms with van der Waals surface area (Å²) in [6, 6.07) is 24.8. The van der Waals surface area contributed by atoms with E-state index < -0.39 is 0 Å². The van der Waals surface area contributed by atoms with E-state index in [9.17, 15) is 9.18 Å². The van der Waals surface area contributed by atoms with Crippen LogP contribution in [-0.4, -0.2) is 46.5 Å². The zero-order valence-electron chi connectivity index (χ0n) is 17.8. The van der Waals surface area contributed by atoms with Gasteiger partial charge >= 0.3 is 0 Å². The van der Waals surface area contributed by atoms with Gasteiger partial charge in [-0.15, -0.1) is 0 Å². The average molecular weight is 429 g/mol. The molecule has 0 aliphatic carbocycles. The third kappa shape index (κ3) is 4.08. The molecule has 2 heterocycles. The van der Waals surface area contributed by atoms with Crippen molar-refractivity contribution in [3.05, 3.63) is 90.5 Å². The number of carbonyl (C=O) groups excluding carboxylic acids is 1. The van der Waals surface area contributed by atoms with Crippen molar-refractivity contribution in [2.75, 3.05) is 31.1 Å². The van der Waals surface area contributed by atoms with Crippen LogP contribution in [-0.2, 0) is 11.2 Å². The van der Waals surface area contributed by atoms with Gasteiger partial charge < -0.3 is 9.80 Å². The highest BCUT2D eigenvalue weighted by atomic mass is 19.1. The minimum absolute atomic E-state index is 0.149. The van der Waals surface area contributed by atoms with Crippen LogP contribution < -0.4 is 4.90 Å². The second-order valence-corrected chi connectivity index (χ2v) is 8.03. The maximum Gasteiger partial charge on any atom is 0.223 e. The molecule has 1 aliphatic rings. The van der Waals surface area contributed by atoms with Crippen molar-refractivity contribution < 1.29 is 9.18 Å². The minimum Gasteiger partial charge on any atom is -0.368 e. The molecule has 0 unspecified atom stereocenters. The lowest BCUT2D eigenvalue weighted by molar-refractivity contribution is -0.131. The number of nitrogens with zero attached hydrogens (tertiary/aromatic N) is 4. The Kier molecular flexibility index (Phi) is 5.58. The molecule has 1 fully saturated rings. The van der Waals surface area contributed by atoms with Gasteiger partial charge in [0.05, 0.1) is 11.0 Å². The average Bonchev–Trinajstić information content (AvgIpc) is 3.22. The zero-order valence-corrected chi connectivity index (χ0v) is 17.8. The molecule has 6 heteroatoms. The van der Waals surface area contributed by atoms with Crippen molar-refractivity contribution >= 4 is 22.6 Å². The van der Waals surface area contributed by atoms with E-state index in [-0.39, 0.29) is 11.7 Å². The number of para-hydroxylation sites is 3. The van der Waals surface area contributed by atoms with Crippen LogP contribution >= 0.6 is 0 Å². The van der Waals surface area contributed by atoms with Gasteiger partial charge in [-0.25, -0.2) is 9.37 Å². The van der Waals surface area contributed by atoms with Crippen molar-refractivity contribution in [1.29, 1.82) is 0 Å². The number of rotatable bonds is 5. The molecule has 3 aromatic carbocycles. The predicted molar refractivity (Wildman–Crippen MR) is 125 cm³/mol. The van der Waals surface area contributed by atoms with E-state index in [2.05, 4.69) is 27.7 Å². The Balaban J connectivity index is 1.26. The van der Waals surface area contributed by atoms with Gasteiger partial charge in [-0.1, -0.05) is 30.3 Å². The standard InChI is InChI=1S/C26H25FN4O/c27-20-10-12-21(13-11-20)29-16-18-30(19-17-29)26(32)15-14-25-28-23-8-4-5-9-24(23)31(25)22-6-2-1-3-7-22/h1-13H,14-19H2. The summed E-state index contributed by atoms with van der Waals surface area (Å²) >= 11 is 0. The number of hydrogen-bond acceptors (Lipinski definition) is 3. The molecule has 5 nitrogen and oxygen atoms in total. The molecule has 1 saturated heterocycles. The number of anilines is 1. The van der Waals surface area contributed by atoms with Crippen molar-refractivity contribution in [3.63, 3.8) is 0 Å². The third-order valence-electron chi connectivity index (χ3n) is 6.03. The lowest BCUT2D eigenvalue weighted by Gasteiger charge is -2.36. The molecule has 1 amide bonds. The van der Waals surface area contributed by atoms with E-state index in [1.165, 1.54) is 12.1 Å². The molecule has 0 N–H and O–H groups in total. The fourth-order valence-corrected chi connectivity index (χ4v) is 4.35. The van der Waals surface area contributed by atoms with Crippen molar-refractivity contribution in [1.82, 2.24) is 14.5 Å². The number of imidazole rings is 1. The number of halogens is 1. The summed E-state index contributed by atoms with van der Waals surface area (Å²) in [6.45, 7) is 2.84. The molecule has 0 saturated carbocycles. The normalized spacial score (nSPS) is 14.2. The molecule has 0 radical (unpaired) electrons. The van der Waals surface area contributed by atoms with Crippen LogP contribution in [0, 0.1) is 5.82 Å².